The van der Waals surface area contributed by atoms with Crippen LogP contribution in [0.15, 0.2) is 30.3 Å². The highest BCUT2D eigenvalue weighted by atomic mass is 35.5. The third-order valence-electron chi connectivity index (χ3n) is 3.76. The fourth-order valence-electron chi connectivity index (χ4n) is 2.71. The monoisotopic (exact) mass is 321 g/mol. The second kappa shape index (κ2) is 5.64. The van der Waals surface area contributed by atoms with Crippen LogP contribution in [0.4, 0.5) is 0 Å². The van der Waals surface area contributed by atoms with Crippen molar-refractivity contribution in [3.63, 3.8) is 0 Å². The van der Waals surface area contributed by atoms with Gasteiger partial charge < -0.3 is 10.1 Å². The van der Waals surface area contributed by atoms with Gasteiger partial charge >= 0.3 is 0 Å². The zero-order valence-electron chi connectivity index (χ0n) is 12.6. The van der Waals surface area contributed by atoms with E-state index in [1.54, 1.807) is 11.3 Å². The van der Waals surface area contributed by atoms with E-state index in [2.05, 4.69) is 50.4 Å². The minimum atomic E-state index is -0.0740. The molecule has 0 aliphatic carbocycles. The lowest BCUT2D eigenvalue weighted by Crippen LogP contribution is -2.24. The van der Waals surface area contributed by atoms with E-state index in [1.807, 2.05) is 6.07 Å². The normalized spacial score (nSPS) is 17.3. The maximum Gasteiger partial charge on any atom is 0.123 e. The average molecular weight is 322 g/mol. The number of nitrogens with one attached hydrogen (secondary N) is 1. The van der Waals surface area contributed by atoms with Gasteiger partial charge in [0.1, 0.15) is 11.4 Å². The smallest absolute Gasteiger partial charge is 0.123 e. The van der Waals surface area contributed by atoms with Crippen molar-refractivity contribution in [1.82, 2.24) is 5.32 Å². The summed E-state index contributed by atoms with van der Waals surface area (Å²) in [6, 6.07) is 10.8. The Morgan fingerprint density at radius 1 is 1.33 bits per heavy atom. The van der Waals surface area contributed by atoms with Gasteiger partial charge in [0.2, 0.25) is 0 Å². The number of halogens is 1. The molecule has 1 aromatic carbocycles. The Balaban J connectivity index is 1.64. The lowest BCUT2D eigenvalue weighted by molar-refractivity contribution is 0.138. The molecule has 0 radical (unpaired) electrons. The second-order valence-electron chi connectivity index (χ2n) is 6.23. The summed E-state index contributed by atoms with van der Waals surface area (Å²) in [6.07, 6.45) is 0.978. The molecule has 1 unspecified atom stereocenters. The van der Waals surface area contributed by atoms with Crippen LogP contribution in [0.25, 0.3) is 0 Å². The van der Waals surface area contributed by atoms with Crippen LogP contribution in [0.2, 0.25) is 4.34 Å². The highest BCUT2D eigenvalue weighted by Crippen LogP contribution is 2.35. The Labute approximate surface area is 135 Å². The summed E-state index contributed by atoms with van der Waals surface area (Å²) in [5.74, 6) is 1.03. The largest absolute Gasteiger partial charge is 0.487 e. The van der Waals surface area contributed by atoms with E-state index in [1.165, 1.54) is 16.0 Å². The summed E-state index contributed by atoms with van der Waals surface area (Å²) in [4.78, 5) is 1.27. The summed E-state index contributed by atoms with van der Waals surface area (Å²) in [5, 5.41) is 3.55. The highest BCUT2D eigenvalue weighted by Gasteiger charge is 2.29. The maximum absolute atomic E-state index is 5.99. The number of thiophene rings is 1. The first-order chi connectivity index (χ1) is 9.93. The highest BCUT2D eigenvalue weighted by molar-refractivity contribution is 7.16. The number of hydrogen-bond donors (Lipinski definition) is 1. The Hall–Kier alpha value is -1.03. The molecule has 2 nitrogen and oxygen atoms in total. The quantitative estimate of drug-likeness (QED) is 0.858. The molecule has 1 N–H and O–H groups in total. The molecular weight excluding hydrogens is 302 g/mol. The Morgan fingerprint density at radius 3 is 2.86 bits per heavy atom. The van der Waals surface area contributed by atoms with E-state index < -0.39 is 0 Å². The Morgan fingerprint density at radius 2 is 2.14 bits per heavy atom. The number of hydrogen-bond acceptors (Lipinski definition) is 3. The van der Waals surface area contributed by atoms with Gasteiger partial charge in [0, 0.05) is 23.9 Å². The van der Waals surface area contributed by atoms with Gasteiger partial charge in [0.15, 0.2) is 0 Å². The van der Waals surface area contributed by atoms with Gasteiger partial charge in [-0.1, -0.05) is 23.7 Å². The molecular formula is C17H20ClNOS. The van der Waals surface area contributed by atoms with Gasteiger partial charge in [0.05, 0.1) is 4.34 Å². The van der Waals surface area contributed by atoms with Crippen LogP contribution < -0.4 is 10.1 Å². The standard InChI is InChI=1S/C17H20ClNOS/c1-11(15-6-7-16(18)21-15)19-10-12-4-5-14-13(8-12)9-17(2,3)20-14/h4-8,11,19H,9-10H2,1-3H3. The first-order valence-corrected chi connectivity index (χ1v) is 8.42. The minimum absolute atomic E-state index is 0.0740. The van der Waals surface area contributed by atoms with Crippen LogP contribution in [-0.2, 0) is 13.0 Å². The van der Waals surface area contributed by atoms with Gasteiger partial charge in [0.25, 0.3) is 0 Å². The SMILES string of the molecule is CC(NCc1ccc2c(c1)CC(C)(C)O2)c1ccc(Cl)s1. The van der Waals surface area contributed by atoms with Crippen molar-refractivity contribution in [2.24, 2.45) is 0 Å². The molecule has 1 atom stereocenters. The van der Waals surface area contributed by atoms with E-state index in [-0.39, 0.29) is 5.60 Å². The molecule has 3 rings (SSSR count). The van der Waals surface area contributed by atoms with Gasteiger partial charge in [-0.25, -0.2) is 0 Å². The van der Waals surface area contributed by atoms with E-state index in [0.717, 1.165) is 23.1 Å². The maximum atomic E-state index is 5.99. The first-order valence-electron chi connectivity index (χ1n) is 7.22. The number of fused-ring (bicyclic) bond motifs is 1. The van der Waals surface area contributed by atoms with Crippen molar-refractivity contribution in [3.05, 3.63) is 50.7 Å². The minimum Gasteiger partial charge on any atom is -0.487 e. The fraction of sp³-hybridized carbons (Fsp3) is 0.412. The lowest BCUT2D eigenvalue weighted by Gasteiger charge is -2.16. The predicted molar refractivity (Wildman–Crippen MR) is 89.4 cm³/mol. The van der Waals surface area contributed by atoms with Crippen LogP contribution in [0.3, 0.4) is 0 Å². The molecule has 0 spiro atoms. The molecule has 0 saturated heterocycles. The van der Waals surface area contributed by atoms with Crippen LogP contribution in [0.5, 0.6) is 5.75 Å². The summed E-state index contributed by atoms with van der Waals surface area (Å²) in [7, 11) is 0. The molecule has 2 aromatic rings. The number of rotatable bonds is 4. The zero-order chi connectivity index (χ0) is 15.0. The third kappa shape index (κ3) is 3.42. The average Bonchev–Trinajstić information content (AvgIpc) is 2.97. The molecule has 112 valence electrons. The van der Waals surface area contributed by atoms with Crippen molar-refractivity contribution >= 4 is 22.9 Å². The van der Waals surface area contributed by atoms with Gasteiger partial charge in [-0.2, -0.15) is 0 Å². The van der Waals surface area contributed by atoms with Gasteiger partial charge in [-0.05, 0) is 50.1 Å². The van der Waals surface area contributed by atoms with Crippen molar-refractivity contribution < 1.29 is 4.74 Å². The summed E-state index contributed by atoms with van der Waals surface area (Å²) >= 11 is 7.62. The molecule has 1 aliphatic rings. The van der Waals surface area contributed by atoms with Crippen molar-refractivity contribution in [2.45, 2.75) is 45.4 Å². The fourth-order valence-corrected chi connectivity index (χ4v) is 3.79. The van der Waals surface area contributed by atoms with E-state index in [9.17, 15) is 0 Å². The summed E-state index contributed by atoms with van der Waals surface area (Å²) in [5.41, 5.74) is 2.53. The Bertz CT molecular complexity index is 650. The van der Waals surface area contributed by atoms with Gasteiger partial charge in [-0.3, -0.25) is 0 Å². The molecule has 0 fully saturated rings. The summed E-state index contributed by atoms with van der Waals surface area (Å²) < 4.78 is 6.76. The van der Waals surface area contributed by atoms with Crippen LogP contribution in [0.1, 0.15) is 42.8 Å². The zero-order valence-corrected chi connectivity index (χ0v) is 14.1. The molecule has 1 aromatic heterocycles. The number of benzene rings is 1. The summed E-state index contributed by atoms with van der Waals surface area (Å²) in [6.45, 7) is 7.28. The molecule has 2 heterocycles. The molecule has 1 aliphatic heterocycles. The van der Waals surface area contributed by atoms with E-state index in [0.29, 0.717) is 6.04 Å². The topological polar surface area (TPSA) is 21.3 Å². The Kier molecular flexibility index (Phi) is 4.00. The molecule has 0 amide bonds. The van der Waals surface area contributed by atoms with Crippen molar-refractivity contribution in [3.8, 4) is 5.75 Å². The van der Waals surface area contributed by atoms with Crippen LogP contribution >= 0.6 is 22.9 Å². The van der Waals surface area contributed by atoms with Crippen molar-refractivity contribution in [1.29, 1.82) is 0 Å². The molecule has 4 heteroatoms. The molecule has 0 bridgehead atoms. The van der Waals surface area contributed by atoms with Crippen LogP contribution in [0, 0.1) is 0 Å². The van der Waals surface area contributed by atoms with Crippen LogP contribution in [-0.4, -0.2) is 5.60 Å². The van der Waals surface area contributed by atoms with Gasteiger partial charge in [-0.15, -0.1) is 11.3 Å². The molecule has 21 heavy (non-hydrogen) atoms. The first kappa shape index (κ1) is 14.9. The lowest BCUT2D eigenvalue weighted by atomic mass is 10.00. The second-order valence-corrected chi connectivity index (χ2v) is 7.97. The van der Waals surface area contributed by atoms with E-state index >= 15 is 0 Å². The molecule has 0 saturated carbocycles. The van der Waals surface area contributed by atoms with Crippen molar-refractivity contribution in [2.75, 3.05) is 0 Å². The predicted octanol–water partition coefficient (Wildman–Crippen LogP) is 4.97. The number of ether oxygens (including phenoxy) is 1. The third-order valence-corrected chi connectivity index (χ3v) is 5.17. The van der Waals surface area contributed by atoms with E-state index in [4.69, 9.17) is 16.3 Å².